The van der Waals surface area contributed by atoms with Gasteiger partial charge in [-0.25, -0.2) is 0 Å². The smallest absolute Gasteiger partial charge is 0.186 e. The van der Waals surface area contributed by atoms with E-state index in [9.17, 15) is 19.8 Å². The molecule has 5 nitrogen and oxygen atoms in total. The average Bonchev–Trinajstić information content (AvgIpc) is 2.61. The molecule has 0 rings (SSSR count). The van der Waals surface area contributed by atoms with Gasteiger partial charge in [0.25, 0.3) is 0 Å². The Kier molecular flexibility index (Phi) is 6.48. The summed E-state index contributed by atoms with van der Waals surface area (Å²) in [5.41, 5.74) is 0. The molecule has 0 spiro atoms. The first kappa shape index (κ1) is 11.6. The van der Waals surface area contributed by atoms with Crippen LogP contribution < -0.4 is 5.11 Å². The third-order valence-corrected chi connectivity index (χ3v) is 3.60. The molecule has 0 unspecified atom stereocenters. The molecule has 0 aliphatic rings. The topological polar surface area (TPSA) is 77.4 Å². The van der Waals surface area contributed by atoms with E-state index in [1.54, 1.807) is 0 Å². The number of aliphatic hydroxyl groups is 1. The average molecular weight is 353 g/mol. The van der Waals surface area contributed by atoms with Crippen molar-refractivity contribution in [2.45, 2.75) is 83.6 Å². The summed E-state index contributed by atoms with van der Waals surface area (Å²) >= 11 is 0. The number of nitrogens with zero attached hydrogens (tertiary/aromatic N) is 1. The lowest BCUT2D eigenvalue weighted by molar-refractivity contribution is -0.885. The number of carbonyl (C=O) groups excluding carboxylic acids is 2. The number of quaternary nitrogens is 1. The van der Waals surface area contributed by atoms with Crippen molar-refractivity contribution < 1.29 is 36.6 Å². The second-order valence-corrected chi connectivity index (χ2v) is 6.19. The van der Waals surface area contributed by atoms with Crippen LogP contribution in [0.1, 0.15) is 89.9 Å². The zero-order valence-corrected chi connectivity index (χ0v) is 14.6. The van der Waals surface area contributed by atoms with Crippen LogP contribution in [0.15, 0.2) is 0 Å². The first-order valence-corrected chi connectivity index (χ1v) is 8.69. The molecule has 0 saturated heterocycles. The Hall–Kier alpha value is -0.940. The van der Waals surface area contributed by atoms with Gasteiger partial charge in [0.1, 0.15) is 19.1 Å². The van der Waals surface area contributed by atoms with Crippen molar-refractivity contribution in [2.75, 3.05) is 27.0 Å². The highest BCUT2D eigenvalue weighted by Crippen LogP contribution is 2.11. The van der Waals surface area contributed by atoms with Crippen LogP contribution in [-0.4, -0.2) is 54.4 Å². The number of carboxylic acids is 1. The third-order valence-electron chi connectivity index (χ3n) is 3.60. The van der Waals surface area contributed by atoms with Gasteiger partial charge >= 0.3 is 0 Å². The number of hydrogen-bond donors (Lipinski definition) is 1. The Morgan fingerprint density at radius 1 is 1.12 bits per heavy atom. The second kappa shape index (κ2) is 13.4. The largest absolute Gasteiger partial charge is 0.550 e. The van der Waals surface area contributed by atoms with Gasteiger partial charge in [-0.2, -0.15) is 0 Å². The molecule has 0 saturated carbocycles. The van der Waals surface area contributed by atoms with Crippen LogP contribution in [0.2, 0.25) is 0 Å². The quantitative estimate of drug-likeness (QED) is 0.341. The van der Waals surface area contributed by atoms with E-state index in [2.05, 4.69) is 6.92 Å². The zero-order chi connectivity index (χ0) is 26.1. The molecule has 0 radical (unpaired) electrons. The molecule has 0 aromatic carbocycles. The lowest BCUT2D eigenvalue weighted by Crippen LogP contribution is -2.49. The van der Waals surface area contributed by atoms with Gasteiger partial charge < -0.3 is 19.5 Å². The summed E-state index contributed by atoms with van der Waals surface area (Å²) in [7, 11) is 0. The van der Waals surface area contributed by atoms with E-state index in [0.717, 1.165) is 32.1 Å². The number of likely N-dealkylation sites (N-methyl/N-ethyl adjacent to an activating group) is 1. The Labute approximate surface area is 160 Å². The molecule has 0 bridgehead atoms. The Balaban J connectivity index is 5.49. The Morgan fingerprint density at radius 2 is 1.67 bits per heavy atom. The summed E-state index contributed by atoms with van der Waals surface area (Å²) in [6, 6.07) is 0. The lowest BCUT2D eigenvalue weighted by atomic mass is 10.1. The van der Waals surface area contributed by atoms with Gasteiger partial charge in [-0.05, 0) is 6.42 Å². The fourth-order valence-corrected chi connectivity index (χ4v) is 2.41. The van der Waals surface area contributed by atoms with Crippen molar-refractivity contribution >= 4 is 11.8 Å². The molecule has 0 aliphatic heterocycles. The van der Waals surface area contributed by atoms with E-state index in [4.69, 9.17) is 12.3 Å². The Bertz CT molecular complexity index is 620. The van der Waals surface area contributed by atoms with Gasteiger partial charge in [-0.1, -0.05) is 58.3 Å². The summed E-state index contributed by atoms with van der Waals surface area (Å²) in [5, 5.41) is 21.1. The van der Waals surface area contributed by atoms with E-state index in [0.29, 0.717) is 12.8 Å². The minimum absolute atomic E-state index is 0.199. The second-order valence-electron chi connectivity index (χ2n) is 6.19. The number of ketones is 1. The van der Waals surface area contributed by atoms with Crippen LogP contribution in [0.3, 0.4) is 0 Å². The molecule has 1 N–H and O–H groups in total. The van der Waals surface area contributed by atoms with Crippen LogP contribution >= 0.6 is 0 Å². The Morgan fingerprint density at radius 3 is 2.17 bits per heavy atom. The maximum atomic E-state index is 12.6. The van der Waals surface area contributed by atoms with Crippen molar-refractivity contribution in [3.8, 4) is 0 Å². The molecule has 0 aliphatic carbocycles. The maximum absolute atomic E-state index is 12.6. The molecule has 0 amide bonds. The van der Waals surface area contributed by atoms with E-state index in [-0.39, 0.29) is 6.42 Å². The van der Waals surface area contributed by atoms with Gasteiger partial charge in [0.05, 0.1) is 26.3 Å². The summed E-state index contributed by atoms with van der Waals surface area (Å²) in [5.74, 6) is -2.94. The number of aliphatic carboxylic acids is 1. The highest BCUT2D eigenvalue weighted by atomic mass is 16.4. The number of hydrogen-bond acceptors (Lipinski definition) is 4. The molecule has 0 aromatic rings. The van der Waals surface area contributed by atoms with E-state index < -0.39 is 55.7 Å². The molecule has 0 aromatic heterocycles. The predicted octanol–water partition coefficient (Wildman–Crippen LogP) is 2.05. The fraction of sp³-hybridized carbons (Fsp3) is 0.895. The minimum Gasteiger partial charge on any atom is -0.550 e. The predicted molar refractivity (Wildman–Crippen MR) is 94.3 cm³/mol. The van der Waals surface area contributed by atoms with Crippen molar-refractivity contribution in [1.82, 2.24) is 0 Å². The number of unbranched alkanes of at least 4 members (excludes halogenated alkanes) is 8. The van der Waals surface area contributed by atoms with Crippen LogP contribution in [0.5, 0.6) is 0 Å². The molecule has 1 atom stereocenters. The highest BCUT2D eigenvalue weighted by Gasteiger charge is 2.23. The molecule has 24 heavy (non-hydrogen) atoms. The number of rotatable bonds is 16. The molecular formula is C19H37NO4. The SMILES string of the molecule is [2H]C([2H])([2H])[N+](CC(=O)CCCCCCCCCCC)(C([2H])([2H])[2H])C([2H])([2H])[C@]([2H])(O)CC(=O)[O-]. The van der Waals surface area contributed by atoms with Gasteiger partial charge in [-0.3, -0.25) is 4.79 Å². The number of Topliss-reactive ketones (excluding diaryl/α,β-unsaturated/α-hetero) is 1. The lowest BCUT2D eigenvalue weighted by Gasteiger charge is -2.31. The monoisotopic (exact) mass is 352 g/mol. The molecular weight excluding hydrogens is 306 g/mol. The van der Waals surface area contributed by atoms with Crippen molar-refractivity contribution in [2.24, 2.45) is 0 Å². The summed E-state index contributed by atoms with van der Waals surface area (Å²) < 4.78 is 67.8. The third kappa shape index (κ3) is 14.6. The van der Waals surface area contributed by atoms with Gasteiger partial charge in [0.15, 0.2) is 5.78 Å². The zero-order valence-electron chi connectivity index (χ0n) is 23.6. The van der Waals surface area contributed by atoms with Crippen LogP contribution in [-0.2, 0) is 9.59 Å². The van der Waals surface area contributed by atoms with Gasteiger partial charge in [-0.15, -0.1) is 0 Å². The molecule has 5 heteroatoms. The molecule has 142 valence electrons. The standard InChI is InChI=1S/C19H37NO4/c1-4-5-6-7-8-9-10-11-12-13-17(21)15-20(2,3)16-18(22)14-19(23)24/h18,22H,4-16H2,1-3H3/t18-/m1/s1/i2D3,3D3,16D2,18D. The van der Waals surface area contributed by atoms with E-state index >= 15 is 0 Å². The van der Waals surface area contributed by atoms with Crippen LogP contribution in [0, 0.1) is 0 Å². The van der Waals surface area contributed by atoms with Crippen LogP contribution in [0.25, 0.3) is 0 Å². The number of carbonyl (C=O) groups is 2. The number of carboxylic acid groups (broad SMARTS) is 1. The maximum Gasteiger partial charge on any atom is 0.186 e. The molecule has 0 heterocycles. The summed E-state index contributed by atoms with van der Waals surface area (Å²) in [6.45, 7) is -10.5. The first-order chi connectivity index (χ1) is 14.9. The van der Waals surface area contributed by atoms with E-state index in [1.165, 1.54) is 12.8 Å². The van der Waals surface area contributed by atoms with Gasteiger partial charge in [0, 0.05) is 18.8 Å². The highest BCUT2D eigenvalue weighted by molar-refractivity contribution is 5.79. The van der Waals surface area contributed by atoms with Crippen molar-refractivity contribution in [3.63, 3.8) is 0 Å². The minimum atomic E-state index is -3.88. The first-order valence-electron chi connectivity index (χ1n) is 13.2. The van der Waals surface area contributed by atoms with Crippen molar-refractivity contribution in [3.05, 3.63) is 0 Å². The van der Waals surface area contributed by atoms with Crippen LogP contribution in [0.4, 0.5) is 0 Å². The normalized spacial score (nSPS) is 21.5. The van der Waals surface area contributed by atoms with E-state index in [1.807, 2.05) is 0 Å². The summed E-state index contributed by atoms with van der Waals surface area (Å²) in [4.78, 5) is 23.5. The summed E-state index contributed by atoms with van der Waals surface area (Å²) in [6.07, 6.45) is 2.94. The molecule has 0 fully saturated rings. The van der Waals surface area contributed by atoms with Crippen molar-refractivity contribution in [1.29, 1.82) is 0 Å². The van der Waals surface area contributed by atoms with Gasteiger partial charge in [0.2, 0.25) is 0 Å². The fourth-order valence-electron chi connectivity index (χ4n) is 2.41.